The zero-order valence-corrected chi connectivity index (χ0v) is 11.2. The molecule has 1 aromatic rings. The predicted octanol–water partition coefficient (Wildman–Crippen LogP) is 2.89. The number of hydrogen-bond donors (Lipinski definition) is 1. The zero-order chi connectivity index (χ0) is 12.5. The summed E-state index contributed by atoms with van der Waals surface area (Å²) in [6.45, 7) is 0.0772. The van der Waals surface area contributed by atoms with Crippen molar-refractivity contribution in [3.63, 3.8) is 0 Å². The van der Waals surface area contributed by atoms with Crippen molar-refractivity contribution in [3.8, 4) is 0 Å². The van der Waals surface area contributed by atoms with Gasteiger partial charge in [-0.05, 0) is 36.8 Å². The van der Waals surface area contributed by atoms with E-state index in [0.717, 1.165) is 29.1 Å². The number of carbonyl (C=O) groups is 1. The number of fused-ring (bicyclic) bond motifs is 2. The van der Waals surface area contributed by atoms with E-state index >= 15 is 0 Å². The van der Waals surface area contributed by atoms with Crippen LogP contribution in [0.2, 0.25) is 0 Å². The van der Waals surface area contributed by atoms with E-state index in [9.17, 15) is 9.90 Å². The number of Topliss-reactive ketones (excluding diaryl/α,β-unsaturated/α-hetero) is 1. The highest BCUT2D eigenvalue weighted by molar-refractivity contribution is 7.99. The molecule has 2 bridgehead atoms. The predicted molar refractivity (Wildman–Crippen MR) is 72.4 cm³/mol. The summed E-state index contributed by atoms with van der Waals surface area (Å²) >= 11 is 1.73. The highest BCUT2D eigenvalue weighted by Crippen LogP contribution is 2.47. The molecule has 2 saturated carbocycles. The minimum atomic E-state index is 0.0772. The Bertz CT molecular complexity index is 458. The highest BCUT2D eigenvalue weighted by Gasteiger charge is 2.46. The molecule has 96 valence electrons. The molecule has 0 aliphatic heterocycles. The van der Waals surface area contributed by atoms with Crippen LogP contribution in [0.25, 0.3) is 0 Å². The quantitative estimate of drug-likeness (QED) is 0.848. The molecule has 0 saturated heterocycles. The van der Waals surface area contributed by atoms with Crippen LogP contribution in [0.4, 0.5) is 0 Å². The number of aliphatic hydroxyl groups excluding tert-OH is 1. The van der Waals surface area contributed by atoms with Gasteiger partial charge in [-0.2, -0.15) is 0 Å². The molecule has 2 aliphatic carbocycles. The van der Waals surface area contributed by atoms with Gasteiger partial charge < -0.3 is 5.11 Å². The Balaban J connectivity index is 1.66. The van der Waals surface area contributed by atoms with Gasteiger partial charge in [0.15, 0.2) is 0 Å². The second-order valence-corrected chi connectivity index (χ2v) is 6.42. The average molecular weight is 262 g/mol. The maximum absolute atomic E-state index is 12.1. The fourth-order valence-electron chi connectivity index (χ4n) is 3.35. The van der Waals surface area contributed by atoms with Gasteiger partial charge in [0.1, 0.15) is 5.78 Å². The summed E-state index contributed by atoms with van der Waals surface area (Å²) in [5.41, 5.74) is 0.970. The summed E-state index contributed by atoms with van der Waals surface area (Å²) in [4.78, 5) is 13.2. The summed E-state index contributed by atoms with van der Waals surface area (Å²) in [6, 6.07) is 7.92. The molecular weight excluding hydrogens is 244 g/mol. The summed E-state index contributed by atoms with van der Waals surface area (Å²) in [6.07, 6.45) is 3.49. The smallest absolute Gasteiger partial charge is 0.140 e. The molecule has 18 heavy (non-hydrogen) atoms. The Kier molecular flexibility index (Phi) is 3.44. The van der Waals surface area contributed by atoms with E-state index in [1.165, 1.54) is 6.42 Å². The molecule has 2 fully saturated rings. The van der Waals surface area contributed by atoms with Crippen molar-refractivity contribution in [2.75, 3.05) is 5.75 Å². The molecular formula is C15H18O2S. The topological polar surface area (TPSA) is 37.3 Å². The number of benzene rings is 1. The first-order valence-corrected chi connectivity index (χ1v) is 7.63. The van der Waals surface area contributed by atoms with Gasteiger partial charge in [0, 0.05) is 22.5 Å². The maximum atomic E-state index is 12.1. The normalized spacial score (nSPS) is 30.1. The molecule has 3 atom stereocenters. The van der Waals surface area contributed by atoms with Crippen molar-refractivity contribution in [1.82, 2.24) is 0 Å². The molecule has 2 aliphatic rings. The van der Waals surface area contributed by atoms with Gasteiger partial charge in [0.05, 0.1) is 6.61 Å². The Morgan fingerprint density at radius 1 is 1.28 bits per heavy atom. The number of aliphatic hydroxyl groups is 1. The highest BCUT2D eigenvalue weighted by atomic mass is 32.2. The minimum absolute atomic E-state index is 0.0772. The Morgan fingerprint density at radius 3 is 2.83 bits per heavy atom. The maximum Gasteiger partial charge on any atom is 0.140 e. The van der Waals surface area contributed by atoms with E-state index in [-0.39, 0.29) is 12.5 Å². The lowest BCUT2D eigenvalue weighted by Gasteiger charge is -2.20. The van der Waals surface area contributed by atoms with Crippen LogP contribution >= 0.6 is 11.8 Å². The van der Waals surface area contributed by atoms with Crippen LogP contribution in [0.1, 0.15) is 24.8 Å². The molecule has 0 amide bonds. The van der Waals surface area contributed by atoms with Crippen molar-refractivity contribution in [1.29, 1.82) is 0 Å². The third-order valence-corrected chi connectivity index (χ3v) is 5.61. The second-order valence-electron chi connectivity index (χ2n) is 5.36. The number of hydrogen-bond acceptors (Lipinski definition) is 3. The van der Waals surface area contributed by atoms with Gasteiger partial charge in [0.25, 0.3) is 0 Å². The van der Waals surface area contributed by atoms with Crippen LogP contribution in [-0.2, 0) is 11.4 Å². The van der Waals surface area contributed by atoms with Crippen LogP contribution in [0.3, 0.4) is 0 Å². The third-order valence-electron chi connectivity index (χ3n) is 4.37. The largest absolute Gasteiger partial charge is 0.392 e. The molecule has 0 heterocycles. The number of rotatable bonds is 4. The van der Waals surface area contributed by atoms with Gasteiger partial charge in [-0.25, -0.2) is 0 Å². The number of carbonyl (C=O) groups excluding carboxylic acids is 1. The van der Waals surface area contributed by atoms with Crippen molar-refractivity contribution < 1.29 is 9.90 Å². The Labute approximate surface area is 112 Å². The van der Waals surface area contributed by atoms with Crippen LogP contribution in [0.15, 0.2) is 29.2 Å². The van der Waals surface area contributed by atoms with E-state index in [2.05, 4.69) is 0 Å². The van der Waals surface area contributed by atoms with Gasteiger partial charge in [-0.15, -0.1) is 11.8 Å². The summed E-state index contributed by atoms with van der Waals surface area (Å²) in [5.74, 6) is 2.66. The zero-order valence-electron chi connectivity index (χ0n) is 10.3. The van der Waals surface area contributed by atoms with Gasteiger partial charge in [-0.1, -0.05) is 18.2 Å². The molecule has 3 unspecified atom stereocenters. The molecule has 1 aromatic carbocycles. The second kappa shape index (κ2) is 5.06. The van der Waals surface area contributed by atoms with E-state index in [1.54, 1.807) is 11.8 Å². The van der Waals surface area contributed by atoms with Crippen LogP contribution < -0.4 is 0 Å². The fourth-order valence-corrected chi connectivity index (χ4v) is 4.64. The minimum Gasteiger partial charge on any atom is -0.392 e. The van der Waals surface area contributed by atoms with E-state index in [1.807, 2.05) is 24.3 Å². The van der Waals surface area contributed by atoms with Gasteiger partial charge >= 0.3 is 0 Å². The fraction of sp³-hybridized carbons (Fsp3) is 0.533. The van der Waals surface area contributed by atoms with Crippen molar-refractivity contribution in [3.05, 3.63) is 29.8 Å². The van der Waals surface area contributed by atoms with E-state index in [0.29, 0.717) is 17.6 Å². The molecule has 0 spiro atoms. The standard InChI is InChI=1S/C15H18O2S/c16-8-12-3-1-2-4-14(12)18-9-13-10-5-6-11(7-10)15(13)17/h1-4,10-11,13,16H,5-9H2. The first-order valence-electron chi connectivity index (χ1n) is 6.65. The van der Waals surface area contributed by atoms with E-state index < -0.39 is 0 Å². The van der Waals surface area contributed by atoms with E-state index in [4.69, 9.17) is 0 Å². The van der Waals surface area contributed by atoms with Gasteiger partial charge in [-0.3, -0.25) is 4.79 Å². The molecule has 0 aromatic heterocycles. The van der Waals surface area contributed by atoms with Gasteiger partial charge in [0.2, 0.25) is 0 Å². The van der Waals surface area contributed by atoms with Crippen molar-refractivity contribution in [2.45, 2.75) is 30.8 Å². The first-order chi connectivity index (χ1) is 8.79. The Hall–Kier alpha value is -0.800. The third kappa shape index (κ3) is 2.10. The lowest BCUT2D eigenvalue weighted by molar-refractivity contribution is -0.125. The summed E-state index contributed by atoms with van der Waals surface area (Å²) < 4.78 is 0. The van der Waals surface area contributed by atoms with Crippen LogP contribution in [0, 0.1) is 17.8 Å². The summed E-state index contributed by atoms with van der Waals surface area (Å²) in [7, 11) is 0. The van der Waals surface area contributed by atoms with Crippen LogP contribution in [0.5, 0.6) is 0 Å². The molecule has 0 radical (unpaired) electrons. The average Bonchev–Trinajstić information content (AvgIpc) is 2.98. The molecule has 1 N–H and O–H groups in total. The number of thioether (sulfide) groups is 1. The SMILES string of the molecule is O=C1C2CCC(C2)C1CSc1ccccc1CO. The Morgan fingerprint density at radius 2 is 2.11 bits per heavy atom. The van der Waals surface area contributed by atoms with Crippen molar-refractivity contribution >= 4 is 17.5 Å². The molecule has 3 heteroatoms. The number of ketones is 1. The van der Waals surface area contributed by atoms with Crippen molar-refractivity contribution in [2.24, 2.45) is 17.8 Å². The summed E-state index contributed by atoms with van der Waals surface area (Å²) in [5, 5.41) is 9.29. The lowest BCUT2D eigenvalue weighted by Crippen LogP contribution is -2.24. The van der Waals surface area contributed by atoms with Crippen LogP contribution in [-0.4, -0.2) is 16.6 Å². The first kappa shape index (κ1) is 12.2. The molecule has 2 nitrogen and oxygen atoms in total. The monoisotopic (exact) mass is 262 g/mol. The lowest BCUT2D eigenvalue weighted by atomic mass is 9.89. The molecule has 3 rings (SSSR count).